The summed E-state index contributed by atoms with van der Waals surface area (Å²) >= 11 is 0. The number of aliphatic carboxylic acids is 1. The van der Waals surface area contributed by atoms with Crippen LogP contribution in [0.2, 0.25) is 0 Å². The molecule has 0 saturated heterocycles. The van der Waals surface area contributed by atoms with Crippen molar-refractivity contribution in [2.75, 3.05) is 0 Å². The highest BCUT2D eigenvalue weighted by molar-refractivity contribution is 5.75. The van der Waals surface area contributed by atoms with E-state index in [0.717, 1.165) is 12.0 Å². The topological polar surface area (TPSA) is 55.1 Å². The van der Waals surface area contributed by atoms with Crippen LogP contribution < -0.4 is 0 Å². The molecule has 0 radical (unpaired) electrons. The molecule has 0 amide bonds. The molecule has 0 aliphatic rings. The van der Waals surface area contributed by atoms with Crippen LogP contribution in [0, 0.1) is 0 Å². The lowest BCUT2D eigenvalue weighted by molar-refractivity contribution is -0.138. The summed E-state index contributed by atoms with van der Waals surface area (Å²) in [5.41, 5.74) is 0.762. The van der Waals surface area contributed by atoms with Gasteiger partial charge in [-0.3, -0.25) is 9.48 Å². The lowest BCUT2D eigenvalue weighted by Gasteiger charge is -2.08. The van der Waals surface area contributed by atoms with Crippen LogP contribution in [0.15, 0.2) is 12.4 Å². The largest absolute Gasteiger partial charge is 0.481 e. The first-order chi connectivity index (χ1) is 6.56. The summed E-state index contributed by atoms with van der Waals surface area (Å²) < 4.78 is 1.81. The van der Waals surface area contributed by atoms with Crippen LogP contribution in [0.1, 0.15) is 44.7 Å². The van der Waals surface area contributed by atoms with Crippen molar-refractivity contribution in [2.24, 2.45) is 0 Å². The average Bonchev–Trinajstić information content (AvgIpc) is 2.64. The van der Waals surface area contributed by atoms with E-state index in [1.165, 1.54) is 0 Å². The van der Waals surface area contributed by atoms with Crippen molar-refractivity contribution in [3.63, 3.8) is 0 Å². The third-order valence-corrected chi connectivity index (χ3v) is 2.53. The summed E-state index contributed by atoms with van der Waals surface area (Å²) in [6.07, 6.45) is 4.43. The fraction of sp³-hybridized carbons (Fsp3) is 0.600. The number of rotatable bonds is 4. The Morgan fingerprint density at radius 2 is 2.29 bits per heavy atom. The van der Waals surface area contributed by atoms with Gasteiger partial charge >= 0.3 is 5.97 Å². The summed E-state index contributed by atoms with van der Waals surface area (Å²) in [6.45, 7) is 5.80. The fourth-order valence-electron chi connectivity index (χ4n) is 1.15. The van der Waals surface area contributed by atoms with E-state index in [9.17, 15) is 4.79 Å². The van der Waals surface area contributed by atoms with Gasteiger partial charge in [0.15, 0.2) is 0 Å². The molecule has 1 aromatic rings. The van der Waals surface area contributed by atoms with Crippen molar-refractivity contribution in [3.8, 4) is 0 Å². The summed E-state index contributed by atoms with van der Waals surface area (Å²) in [7, 11) is 0. The van der Waals surface area contributed by atoms with Gasteiger partial charge in [-0.25, -0.2) is 0 Å². The molecule has 0 aliphatic heterocycles. The maximum atomic E-state index is 10.7. The third-order valence-electron chi connectivity index (χ3n) is 2.53. The Hall–Kier alpha value is -1.32. The van der Waals surface area contributed by atoms with Gasteiger partial charge in [-0.1, -0.05) is 6.92 Å². The van der Waals surface area contributed by atoms with E-state index in [1.54, 1.807) is 13.1 Å². The normalized spacial score (nSPS) is 15.1. The van der Waals surface area contributed by atoms with E-state index >= 15 is 0 Å². The number of aromatic nitrogens is 2. The second-order valence-corrected chi connectivity index (χ2v) is 3.57. The van der Waals surface area contributed by atoms with Crippen LogP contribution in [-0.2, 0) is 4.79 Å². The molecule has 0 fully saturated rings. The van der Waals surface area contributed by atoms with E-state index in [2.05, 4.69) is 18.9 Å². The lowest BCUT2D eigenvalue weighted by Crippen LogP contribution is -2.07. The van der Waals surface area contributed by atoms with Gasteiger partial charge in [-0.15, -0.1) is 0 Å². The summed E-state index contributed by atoms with van der Waals surface area (Å²) in [6, 6.07) is 0.324. The Labute approximate surface area is 83.5 Å². The highest BCUT2D eigenvalue weighted by Gasteiger charge is 2.16. The standard InChI is InChI=1S/C10H16N2O2/c1-4-7(2)12-6-9(5-11-12)8(3)10(13)14/h5-8H,4H2,1-3H3,(H,13,14). The Balaban J connectivity index is 2.82. The third kappa shape index (κ3) is 2.13. The van der Waals surface area contributed by atoms with Gasteiger partial charge in [0.1, 0.15) is 0 Å². The average molecular weight is 196 g/mol. The molecule has 0 aromatic carbocycles. The van der Waals surface area contributed by atoms with Gasteiger partial charge < -0.3 is 5.11 Å². The predicted molar refractivity (Wildman–Crippen MR) is 53.3 cm³/mol. The molecule has 2 unspecified atom stereocenters. The molecule has 1 rings (SSSR count). The van der Waals surface area contributed by atoms with E-state index in [1.807, 2.05) is 10.9 Å². The molecule has 0 aliphatic carbocycles. The fourth-order valence-corrected chi connectivity index (χ4v) is 1.15. The number of carboxylic acid groups (broad SMARTS) is 1. The molecular formula is C10H16N2O2. The SMILES string of the molecule is CCC(C)n1cc(C(C)C(=O)O)cn1. The predicted octanol–water partition coefficient (Wildman–Crippen LogP) is 2.04. The minimum Gasteiger partial charge on any atom is -0.481 e. The maximum Gasteiger partial charge on any atom is 0.310 e. The number of carbonyl (C=O) groups is 1. The zero-order chi connectivity index (χ0) is 10.7. The number of hydrogen-bond donors (Lipinski definition) is 1. The van der Waals surface area contributed by atoms with Crippen molar-refractivity contribution >= 4 is 5.97 Å². The van der Waals surface area contributed by atoms with Gasteiger partial charge in [0.25, 0.3) is 0 Å². The van der Waals surface area contributed by atoms with Gasteiger partial charge in [0.05, 0.1) is 12.1 Å². The second-order valence-electron chi connectivity index (χ2n) is 3.57. The molecule has 2 atom stereocenters. The molecule has 0 saturated carbocycles. The zero-order valence-corrected chi connectivity index (χ0v) is 8.77. The second kappa shape index (κ2) is 4.26. The molecule has 4 heteroatoms. The number of hydrogen-bond acceptors (Lipinski definition) is 2. The first-order valence-corrected chi connectivity index (χ1v) is 4.83. The molecular weight excluding hydrogens is 180 g/mol. The Morgan fingerprint density at radius 1 is 1.64 bits per heavy atom. The van der Waals surface area contributed by atoms with Crippen molar-refractivity contribution in [1.82, 2.24) is 9.78 Å². The van der Waals surface area contributed by atoms with Crippen molar-refractivity contribution in [3.05, 3.63) is 18.0 Å². The highest BCUT2D eigenvalue weighted by Crippen LogP contribution is 2.17. The Morgan fingerprint density at radius 3 is 2.79 bits per heavy atom. The van der Waals surface area contributed by atoms with E-state index in [0.29, 0.717) is 6.04 Å². The quantitative estimate of drug-likeness (QED) is 0.801. The number of carboxylic acids is 1. The Bertz CT molecular complexity index is 320. The van der Waals surface area contributed by atoms with Gasteiger partial charge in [-0.2, -0.15) is 5.10 Å². The zero-order valence-electron chi connectivity index (χ0n) is 8.77. The van der Waals surface area contributed by atoms with E-state index < -0.39 is 11.9 Å². The highest BCUT2D eigenvalue weighted by atomic mass is 16.4. The molecule has 4 nitrogen and oxygen atoms in total. The number of nitrogens with zero attached hydrogens (tertiary/aromatic N) is 2. The summed E-state index contributed by atoms with van der Waals surface area (Å²) in [5.74, 6) is -1.29. The van der Waals surface area contributed by atoms with Crippen molar-refractivity contribution in [2.45, 2.75) is 39.2 Å². The first kappa shape index (κ1) is 10.8. The molecule has 1 aromatic heterocycles. The van der Waals surface area contributed by atoms with Crippen molar-refractivity contribution in [1.29, 1.82) is 0 Å². The molecule has 78 valence electrons. The van der Waals surface area contributed by atoms with E-state index in [4.69, 9.17) is 5.11 Å². The van der Waals surface area contributed by atoms with E-state index in [-0.39, 0.29) is 0 Å². The maximum absolute atomic E-state index is 10.7. The van der Waals surface area contributed by atoms with Crippen LogP contribution in [0.25, 0.3) is 0 Å². The Kier molecular flexibility index (Phi) is 3.28. The van der Waals surface area contributed by atoms with Crippen LogP contribution >= 0.6 is 0 Å². The summed E-state index contributed by atoms with van der Waals surface area (Å²) in [5, 5.41) is 12.9. The van der Waals surface area contributed by atoms with Crippen LogP contribution in [0.3, 0.4) is 0 Å². The van der Waals surface area contributed by atoms with Crippen LogP contribution in [-0.4, -0.2) is 20.9 Å². The minimum absolute atomic E-state index is 0.324. The molecule has 0 spiro atoms. The molecule has 1 N–H and O–H groups in total. The monoisotopic (exact) mass is 196 g/mol. The first-order valence-electron chi connectivity index (χ1n) is 4.83. The van der Waals surface area contributed by atoms with Gasteiger partial charge in [0, 0.05) is 17.8 Å². The molecule has 0 bridgehead atoms. The van der Waals surface area contributed by atoms with Gasteiger partial charge in [0.2, 0.25) is 0 Å². The summed E-state index contributed by atoms with van der Waals surface area (Å²) in [4.78, 5) is 10.7. The van der Waals surface area contributed by atoms with Crippen molar-refractivity contribution < 1.29 is 9.90 Å². The molecule has 1 heterocycles. The van der Waals surface area contributed by atoms with Crippen LogP contribution in [0.4, 0.5) is 0 Å². The lowest BCUT2D eigenvalue weighted by atomic mass is 10.1. The van der Waals surface area contributed by atoms with Crippen LogP contribution in [0.5, 0.6) is 0 Å². The smallest absolute Gasteiger partial charge is 0.310 e. The molecule has 14 heavy (non-hydrogen) atoms. The minimum atomic E-state index is -0.811. The van der Waals surface area contributed by atoms with Gasteiger partial charge in [-0.05, 0) is 20.3 Å².